The lowest BCUT2D eigenvalue weighted by atomic mass is 10.2. The number of sulfonamides is 1. The van der Waals surface area contributed by atoms with E-state index < -0.39 is 16.0 Å². The van der Waals surface area contributed by atoms with E-state index in [1.165, 1.54) is 12.1 Å². The fourth-order valence-corrected chi connectivity index (χ4v) is 4.54. The zero-order chi connectivity index (χ0) is 16.5. The lowest BCUT2D eigenvalue weighted by Crippen LogP contribution is -2.30. The van der Waals surface area contributed by atoms with Gasteiger partial charge in [-0.2, -0.15) is 0 Å². The zero-order valence-electron chi connectivity index (χ0n) is 12.4. The van der Waals surface area contributed by atoms with Gasteiger partial charge in [0.25, 0.3) is 10.0 Å². The molecule has 1 heterocycles. The van der Waals surface area contributed by atoms with Gasteiger partial charge in [-0.1, -0.05) is 29.0 Å². The number of carbonyl (C=O) groups is 1. The standard InChI is InChI=1S/C14H16N2O4S2/c1-4-16(14-15-10(3)12(21-14)13(17)18)22(19,20)11-7-5-9(2)6-8-11/h5-8H,4H2,1-3H3,(H,17,18). The Labute approximate surface area is 133 Å². The average Bonchev–Trinajstić information content (AvgIpc) is 2.81. The number of anilines is 1. The van der Waals surface area contributed by atoms with Crippen molar-refractivity contribution in [2.24, 2.45) is 0 Å². The molecule has 22 heavy (non-hydrogen) atoms. The minimum absolute atomic E-state index is 0.0487. The topological polar surface area (TPSA) is 87.6 Å². The summed E-state index contributed by atoms with van der Waals surface area (Å²) in [6.45, 7) is 5.28. The molecule has 0 radical (unpaired) electrons. The van der Waals surface area contributed by atoms with Crippen LogP contribution in [0.15, 0.2) is 29.2 Å². The van der Waals surface area contributed by atoms with Crippen molar-refractivity contribution in [1.29, 1.82) is 0 Å². The fourth-order valence-electron chi connectivity index (χ4n) is 1.93. The van der Waals surface area contributed by atoms with Gasteiger partial charge in [-0.05, 0) is 32.9 Å². The highest BCUT2D eigenvalue weighted by atomic mass is 32.2. The molecule has 0 bridgehead atoms. The molecule has 0 atom stereocenters. The summed E-state index contributed by atoms with van der Waals surface area (Å²) in [5, 5.41) is 9.25. The summed E-state index contributed by atoms with van der Waals surface area (Å²) in [4.78, 5) is 15.4. The van der Waals surface area contributed by atoms with Crippen molar-refractivity contribution >= 4 is 32.5 Å². The molecule has 0 saturated heterocycles. The third kappa shape index (κ3) is 2.97. The van der Waals surface area contributed by atoms with Gasteiger partial charge in [0.15, 0.2) is 5.13 Å². The summed E-state index contributed by atoms with van der Waals surface area (Å²) in [6, 6.07) is 6.50. The first-order valence-corrected chi connectivity index (χ1v) is 8.83. The SMILES string of the molecule is CCN(c1nc(C)c(C(=O)O)s1)S(=O)(=O)c1ccc(C)cc1. The second-order valence-corrected chi connectivity index (χ2v) is 7.54. The Morgan fingerprint density at radius 3 is 2.32 bits per heavy atom. The maximum Gasteiger partial charge on any atom is 0.347 e. The summed E-state index contributed by atoms with van der Waals surface area (Å²) in [7, 11) is -3.76. The number of aryl methyl sites for hydroxylation is 2. The molecule has 6 nitrogen and oxygen atoms in total. The number of carboxylic acids is 1. The molecule has 0 saturated carbocycles. The molecule has 0 unspecified atom stereocenters. The molecule has 2 aromatic rings. The van der Waals surface area contributed by atoms with Crippen LogP contribution in [0, 0.1) is 13.8 Å². The maximum absolute atomic E-state index is 12.7. The van der Waals surface area contributed by atoms with E-state index in [1.54, 1.807) is 26.0 Å². The summed E-state index contributed by atoms with van der Waals surface area (Å²) in [5.41, 5.74) is 1.27. The molecule has 0 aliphatic rings. The van der Waals surface area contributed by atoms with Crippen molar-refractivity contribution in [3.05, 3.63) is 40.4 Å². The van der Waals surface area contributed by atoms with E-state index >= 15 is 0 Å². The van der Waals surface area contributed by atoms with Crippen molar-refractivity contribution in [1.82, 2.24) is 4.98 Å². The minimum Gasteiger partial charge on any atom is -0.477 e. The van der Waals surface area contributed by atoms with Crippen molar-refractivity contribution in [3.63, 3.8) is 0 Å². The third-order valence-electron chi connectivity index (χ3n) is 3.09. The Hall–Kier alpha value is -1.93. The van der Waals surface area contributed by atoms with Crippen LogP contribution in [-0.2, 0) is 10.0 Å². The highest BCUT2D eigenvalue weighted by Gasteiger charge is 2.27. The lowest BCUT2D eigenvalue weighted by molar-refractivity contribution is 0.0701. The number of benzene rings is 1. The third-order valence-corrected chi connectivity index (χ3v) is 6.25. The highest BCUT2D eigenvalue weighted by Crippen LogP contribution is 2.30. The van der Waals surface area contributed by atoms with Crippen molar-refractivity contribution < 1.29 is 18.3 Å². The molecule has 0 fully saturated rings. The van der Waals surface area contributed by atoms with Gasteiger partial charge in [0.1, 0.15) is 4.88 Å². The first kappa shape index (κ1) is 16.4. The van der Waals surface area contributed by atoms with Gasteiger partial charge < -0.3 is 5.11 Å². The summed E-state index contributed by atoms with van der Waals surface area (Å²) in [5.74, 6) is -1.11. The van der Waals surface area contributed by atoms with E-state index in [-0.39, 0.29) is 21.4 Å². The first-order chi connectivity index (χ1) is 10.3. The molecule has 0 aliphatic heterocycles. The molecule has 0 aliphatic carbocycles. The Kier molecular flexibility index (Phi) is 4.52. The van der Waals surface area contributed by atoms with Crippen LogP contribution < -0.4 is 4.31 Å². The summed E-state index contributed by atoms with van der Waals surface area (Å²) in [6.07, 6.45) is 0. The van der Waals surface area contributed by atoms with Crippen molar-refractivity contribution in [3.8, 4) is 0 Å². The molecule has 1 N–H and O–H groups in total. The second-order valence-electron chi connectivity index (χ2n) is 4.70. The van der Waals surface area contributed by atoms with Gasteiger partial charge in [-0.25, -0.2) is 22.5 Å². The number of hydrogen-bond acceptors (Lipinski definition) is 5. The van der Waals surface area contributed by atoms with Gasteiger partial charge in [-0.15, -0.1) is 0 Å². The number of aromatic carboxylic acids is 1. The maximum atomic E-state index is 12.7. The number of aromatic nitrogens is 1. The number of nitrogens with zero attached hydrogens (tertiary/aromatic N) is 2. The predicted octanol–water partition coefficient (Wildman–Crippen LogP) is 2.67. The molecule has 2 rings (SSSR count). The van der Waals surface area contributed by atoms with Crippen LogP contribution >= 0.6 is 11.3 Å². The molecule has 1 aromatic heterocycles. The van der Waals surface area contributed by atoms with Crippen molar-refractivity contribution in [2.75, 3.05) is 10.8 Å². The van der Waals surface area contributed by atoms with Gasteiger partial charge in [0, 0.05) is 6.54 Å². The molecule has 118 valence electrons. The lowest BCUT2D eigenvalue weighted by Gasteiger charge is -2.19. The van der Waals surface area contributed by atoms with E-state index in [9.17, 15) is 13.2 Å². The van der Waals surface area contributed by atoms with Gasteiger partial charge in [-0.3, -0.25) is 0 Å². The van der Waals surface area contributed by atoms with Gasteiger partial charge >= 0.3 is 5.97 Å². The van der Waals surface area contributed by atoms with E-state index in [0.29, 0.717) is 5.69 Å². The molecular weight excluding hydrogens is 324 g/mol. The van der Waals surface area contributed by atoms with Crippen molar-refractivity contribution in [2.45, 2.75) is 25.7 Å². The Balaban J connectivity index is 2.49. The van der Waals surface area contributed by atoms with Crippen LogP contribution in [0.1, 0.15) is 27.9 Å². The van der Waals surface area contributed by atoms with Crippen LogP contribution in [0.3, 0.4) is 0 Å². The second kappa shape index (κ2) is 6.05. The largest absolute Gasteiger partial charge is 0.477 e. The average molecular weight is 340 g/mol. The van der Waals surface area contributed by atoms with E-state index in [4.69, 9.17) is 5.11 Å². The van der Waals surface area contributed by atoms with Crippen LogP contribution in [0.5, 0.6) is 0 Å². The monoisotopic (exact) mass is 340 g/mol. The van der Waals surface area contributed by atoms with E-state index in [1.807, 2.05) is 6.92 Å². The Morgan fingerprint density at radius 1 is 1.27 bits per heavy atom. The smallest absolute Gasteiger partial charge is 0.347 e. The van der Waals surface area contributed by atoms with E-state index in [2.05, 4.69) is 4.98 Å². The number of thiazole rings is 1. The normalized spacial score (nSPS) is 11.4. The van der Waals surface area contributed by atoms with Crippen LogP contribution in [0.25, 0.3) is 0 Å². The molecule has 1 aromatic carbocycles. The number of rotatable bonds is 5. The number of hydrogen-bond donors (Lipinski definition) is 1. The van der Waals surface area contributed by atoms with Crippen LogP contribution in [-0.4, -0.2) is 31.0 Å². The van der Waals surface area contributed by atoms with Gasteiger partial charge in [0.2, 0.25) is 0 Å². The summed E-state index contributed by atoms with van der Waals surface area (Å²) >= 11 is 0.861. The Bertz CT molecular complexity index is 795. The minimum atomic E-state index is -3.76. The first-order valence-electron chi connectivity index (χ1n) is 6.57. The van der Waals surface area contributed by atoms with Crippen LogP contribution in [0.2, 0.25) is 0 Å². The number of carboxylic acid groups (broad SMARTS) is 1. The fraction of sp³-hybridized carbons (Fsp3) is 0.286. The predicted molar refractivity (Wildman–Crippen MR) is 85.2 cm³/mol. The van der Waals surface area contributed by atoms with Crippen LogP contribution in [0.4, 0.5) is 5.13 Å². The quantitative estimate of drug-likeness (QED) is 0.904. The van der Waals surface area contributed by atoms with E-state index in [0.717, 1.165) is 21.2 Å². The molecule has 8 heteroatoms. The molecular formula is C14H16N2O4S2. The Morgan fingerprint density at radius 2 is 1.86 bits per heavy atom. The molecule has 0 spiro atoms. The van der Waals surface area contributed by atoms with Gasteiger partial charge in [0.05, 0.1) is 10.6 Å². The zero-order valence-corrected chi connectivity index (χ0v) is 14.0. The highest BCUT2D eigenvalue weighted by molar-refractivity contribution is 7.93. The molecule has 0 amide bonds. The summed E-state index contributed by atoms with van der Waals surface area (Å²) < 4.78 is 26.5.